The van der Waals surface area contributed by atoms with Crippen molar-refractivity contribution in [3.63, 3.8) is 0 Å². The van der Waals surface area contributed by atoms with Crippen molar-refractivity contribution >= 4 is 47.0 Å². The third-order valence-electron chi connectivity index (χ3n) is 10.3. The van der Waals surface area contributed by atoms with Gasteiger partial charge in [0.05, 0.1) is 26.4 Å². The highest BCUT2D eigenvalue weighted by molar-refractivity contribution is 8.03. The SMILES string of the molecule is C1CC2NC3CCC23C1.C1CCCNCC1.C1CNCCOC1.C1CNCCSC1.C1COCCOC1.C1COCCSC1.C1CSCCSC1. The topological polar surface area (TPSA) is 85.0 Å². The fourth-order valence-corrected chi connectivity index (χ4v) is 11.0. The number of piperidine rings is 1. The summed E-state index contributed by atoms with van der Waals surface area (Å²) in [4.78, 5) is 0. The van der Waals surface area contributed by atoms with Crippen molar-refractivity contribution in [2.45, 2.75) is 102 Å². The number of hydrogen-bond donors (Lipinski definition) is 4. The van der Waals surface area contributed by atoms with Gasteiger partial charge in [0, 0.05) is 80.0 Å². The second kappa shape index (κ2) is 34.3. The molecule has 2 aliphatic carbocycles. The molecular weight excluding hydrogens is 717 g/mol. The quantitative estimate of drug-likeness (QED) is 0.214. The van der Waals surface area contributed by atoms with Gasteiger partial charge in [-0.25, -0.2) is 0 Å². The highest BCUT2D eigenvalue weighted by atomic mass is 32.2. The molecule has 7 saturated heterocycles. The molecule has 0 radical (unpaired) electrons. The van der Waals surface area contributed by atoms with E-state index < -0.39 is 0 Å². The van der Waals surface area contributed by atoms with Crippen LogP contribution in [0.5, 0.6) is 0 Å². The Bertz CT molecular complexity index is 542. The van der Waals surface area contributed by atoms with Crippen LogP contribution in [0.25, 0.3) is 0 Å². The molecule has 302 valence electrons. The number of hydrogen-bond acceptors (Lipinski definition) is 12. The summed E-state index contributed by atoms with van der Waals surface area (Å²) >= 11 is 8.23. The normalized spacial score (nSPS) is 30.6. The molecule has 7 aliphatic heterocycles. The van der Waals surface area contributed by atoms with Crippen molar-refractivity contribution in [3.05, 3.63) is 0 Å². The van der Waals surface area contributed by atoms with Crippen molar-refractivity contribution in [3.8, 4) is 0 Å². The minimum Gasteiger partial charge on any atom is -0.381 e. The van der Waals surface area contributed by atoms with Crippen LogP contribution in [-0.4, -0.2) is 150 Å². The average Bonchev–Trinajstić information content (AvgIpc) is 3.86. The Kier molecular flexibility index (Phi) is 31.3. The minimum absolute atomic E-state index is 0.778. The molecule has 12 heteroatoms. The Morgan fingerprint density at radius 2 is 0.922 bits per heavy atom. The third kappa shape index (κ3) is 23.7. The van der Waals surface area contributed by atoms with Crippen LogP contribution in [0, 0.1) is 5.41 Å². The van der Waals surface area contributed by atoms with Gasteiger partial charge in [-0.05, 0) is 120 Å². The van der Waals surface area contributed by atoms with Crippen LogP contribution in [0.4, 0.5) is 0 Å². The van der Waals surface area contributed by atoms with Gasteiger partial charge >= 0.3 is 0 Å². The van der Waals surface area contributed by atoms with E-state index in [-0.39, 0.29) is 0 Å². The number of thioether (sulfide) groups is 4. The van der Waals surface area contributed by atoms with Gasteiger partial charge < -0.3 is 40.2 Å². The van der Waals surface area contributed by atoms with E-state index in [4.69, 9.17) is 18.9 Å². The van der Waals surface area contributed by atoms with Crippen LogP contribution in [0.2, 0.25) is 0 Å². The fourth-order valence-electron chi connectivity index (χ4n) is 7.19. The summed E-state index contributed by atoms with van der Waals surface area (Å²) in [6, 6.07) is 1.92. The van der Waals surface area contributed by atoms with Crippen molar-refractivity contribution < 1.29 is 18.9 Å². The molecule has 3 unspecified atom stereocenters. The molecule has 4 N–H and O–H groups in total. The summed E-state index contributed by atoms with van der Waals surface area (Å²) in [5.41, 5.74) is 0.861. The van der Waals surface area contributed by atoms with E-state index in [1.165, 1.54) is 156 Å². The molecule has 51 heavy (non-hydrogen) atoms. The molecule has 0 amide bonds. The molecule has 0 bridgehead atoms. The highest BCUT2D eigenvalue weighted by Crippen LogP contribution is 2.59. The first-order chi connectivity index (χ1) is 25.4. The molecular formula is C39H78N4O4S4. The number of rotatable bonds is 0. The zero-order valence-corrected chi connectivity index (χ0v) is 35.6. The Hall–Kier alpha value is 1.08. The maximum Gasteiger partial charge on any atom is 0.0700 e. The summed E-state index contributed by atoms with van der Waals surface area (Å²) in [7, 11) is 0. The maximum atomic E-state index is 5.17. The predicted molar refractivity (Wildman–Crippen MR) is 229 cm³/mol. The van der Waals surface area contributed by atoms with Crippen molar-refractivity contribution in [1.29, 1.82) is 0 Å². The predicted octanol–water partition coefficient (Wildman–Crippen LogP) is 6.57. The summed E-state index contributed by atoms with van der Waals surface area (Å²) in [5.74, 6) is 10.7. The Labute approximate surface area is 331 Å². The van der Waals surface area contributed by atoms with Gasteiger partial charge in [-0.2, -0.15) is 47.0 Å². The van der Waals surface area contributed by atoms with Gasteiger partial charge in [0.15, 0.2) is 0 Å². The van der Waals surface area contributed by atoms with Gasteiger partial charge in [-0.3, -0.25) is 0 Å². The summed E-state index contributed by atoms with van der Waals surface area (Å²) < 4.78 is 20.4. The van der Waals surface area contributed by atoms with E-state index in [2.05, 4.69) is 56.6 Å². The largest absolute Gasteiger partial charge is 0.381 e. The molecule has 7 heterocycles. The van der Waals surface area contributed by atoms with Crippen LogP contribution in [0.3, 0.4) is 0 Å². The Balaban J connectivity index is 0.000000161. The van der Waals surface area contributed by atoms with Gasteiger partial charge in [0.25, 0.3) is 0 Å². The molecule has 9 aliphatic rings. The van der Waals surface area contributed by atoms with Crippen LogP contribution >= 0.6 is 47.0 Å². The second-order valence-electron chi connectivity index (χ2n) is 14.3. The van der Waals surface area contributed by atoms with E-state index in [1.807, 2.05) is 11.8 Å². The van der Waals surface area contributed by atoms with Crippen LogP contribution in [0.1, 0.15) is 89.9 Å². The van der Waals surface area contributed by atoms with Gasteiger partial charge in [0.2, 0.25) is 0 Å². The van der Waals surface area contributed by atoms with Crippen molar-refractivity contribution in [1.82, 2.24) is 21.3 Å². The van der Waals surface area contributed by atoms with E-state index >= 15 is 0 Å². The third-order valence-corrected chi connectivity index (χ3v) is 14.8. The first-order valence-corrected chi connectivity index (χ1v) is 25.5. The van der Waals surface area contributed by atoms with Crippen LogP contribution in [-0.2, 0) is 18.9 Å². The molecule has 8 nitrogen and oxygen atoms in total. The molecule has 0 aromatic heterocycles. The second-order valence-corrected chi connectivity index (χ2v) is 19.2. The van der Waals surface area contributed by atoms with Gasteiger partial charge in [0.1, 0.15) is 0 Å². The van der Waals surface area contributed by atoms with E-state index in [1.54, 1.807) is 0 Å². The Morgan fingerprint density at radius 3 is 1.65 bits per heavy atom. The van der Waals surface area contributed by atoms with E-state index in [9.17, 15) is 0 Å². The summed E-state index contributed by atoms with van der Waals surface area (Å²) in [6.07, 6.45) is 19.4. The lowest BCUT2D eigenvalue weighted by Gasteiger charge is -2.62. The molecule has 2 saturated carbocycles. The monoisotopic (exact) mass is 794 g/mol. The van der Waals surface area contributed by atoms with Crippen LogP contribution < -0.4 is 21.3 Å². The fraction of sp³-hybridized carbons (Fsp3) is 1.00. The maximum absolute atomic E-state index is 5.17. The van der Waals surface area contributed by atoms with E-state index in [0.29, 0.717) is 0 Å². The van der Waals surface area contributed by atoms with E-state index in [0.717, 1.165) is 89.9 Å². The smallest absolute Gasteiger partial charge is 0.0700 e. The van der Waals surface area contributed by atoms with Crippen LogP contribution in [0.15, 0.2) is 0 Å². The van der Waals surface area contributed by atoms with Gasteiger partial charge in [-0.15, -0.1) is 0 Å². The van der Waals surface area contributed by atoms with Crippen molar-refractivity contribution in [2.75, 3.05) is 138 Å². The summed E-state index contributed by atoms with van der Waals surface area (Å²) in [5, 5.41) is 13.5. The molecule has 3 atom stereocenters. The molecule has 0 aromatic carbocycles. The zero-order chi connectivity index (χ0) is 35.6. The molecule has 0 aromatic rings. The lowest BCUT2D eigenvalue weighted by Crippen LogP contribution is -2.73. The lowest BCUT2D eigenvalue weighted by molar-refractivity contribution is -0.0563. The highest BCUT2D eigenvalue weighted by Gasteiger charge is 2.61. The summed E-state index contributed by atoms with van der Waals surface area (Å²) in [6.45, 7) is 14.2. The minimum atomic E-state index is 0.778. The average molecular weight is 795 g/mol. The molecule has 9 rings (SSSR count). The van der Waals surface area contributed by atoms with Crippen molar-refractivity contribution in [2.24, 2.45) is 5.41 Å². The first kappa shape index (κ1) is 46.5. The van der Waals surface area contributed by atoms with Gasteiger partial charge in [-0.1, -0.05) is 19.3 Å². The first-order valence-electron chi connectivity index (χ1n) is 20.9. The lowest BCUT2D eigenvalue weighted by atomic mass is 9.55. The number of nitrogens with one attached hydrogen (secondary N) is 4. The molecule has 9 fully saturated rings. The zero-order valence-electron chi connectivity index (χ0n) is 32.4. The standard InChI is InChI=1S/C8H13N.C6H13N.C5H11NO.C5H11NS.C5H10O2.C5H10OS.C5H10S2/c1-2-6-8(4-1)5-3-7(8)9-6;1-2-4-6-7-5-3-1;2*1-2-6-3-5-7-4-1;1-2-6-4-5-7-3-1;1-2-6-3-5-7-4-1;1-2-6-4-5-7-3-1/h6-7,9H,1-5H2;7H,1-6H2;2*6H,1-5H2;3*1-5H2. The Morgan fingerprint density at radius 1 is 0.353 bits per heavy atom. The number of ether oxygens (including phenoxy) is 4. The molecule has 1 spiro atoms.